The maximum Gasteiger partial charge on any atom is 0.272 e. The molecule has 0 aliphatic heterocycles. The average molecular weight is 286 g/mol. The van der Waals surface area contributed by atoms with Gasteiger partial charge in [-0.1, -0.05) is 12.1 Å². The summed E-state index contributed by atoms with van der Waals surface area (Å²) in [6.45, 7) is 3.78. The molecule has 0 saturated carbocycles. The lowest BCUT2D eigenvalue weighted by atomic mass is 10.1. The zero-order chi connectivity index (χ0) is 15.4. The number of nitro groups is 1. The summed E-state index contributed by atoms with van der Waals surface area (Å²) in [5.74, 6) is 0.255. The number of aromatic hydroxyl groups is 1. The van der Waals surface area contributed by atoms with Gasteiger partial charge in [0.2, 0.25) is 0 Å². The van der Waals surface area contributed by atoms with Crippen LogP contribution < -0.4 is 5.32 Å². The largest absolute Gasteiger partial charge is 0.508 e. The molecule has 5 heteroatoms. The molecule has 110 valence electrons. The highest BCUT2D eigenvalue weighted by molar-refractivity contribution is 5.54. The number of hydrogen-bond donors (Lipinski definition) is 2. The average Bonchev–Trinajstić information content (AvgIpc) is 2.41. The number of nitrogens with one attached hydrogen (secondary N) is 1. The van der Waals surface area contributed by atoms with Gasteiger partial charge >= 0.3 is 0 Å². The van der Waals surface area contributed by atoms with E-state index in [-0.39, 0.29) is 22.4 Å². The van der Waals surface area contributed by atoms with Crippen LogP contribution in [0.1, 0.15) is 18.1 Å². The Morgan fingerprint density at radius 3 is 2.48 bits per heavy atom. The molecule has 1 atom stereocenters. The van der Waals surface area contributed by atoms with Gasteiger partial charge in [0.1, 0.15) is 5.75 Å². The summed E-state index contributed by atoms with van der Waals surface area (Å²) in [6.07, 6.45) is 0.802. The fraction of sp³-hybridized carbons (Fsp3) is 0.250. The zero-order valence-corrected chi connectivity index (χ0v) is 12.0. The molecule has 21 heavy (non-hydrogen) atoms. The van der Waals surface area contributed by atoms with Crippen molar-refractivity contribution in [1.29, 1.82) is 0 Å². The van der Waals surface area contributed by atoms with Crippen molar-refractivity contribution >= 4 is 11.4 Å². The molecule has 0 bridgehead atoms. The lowest BCUT2D eigenvalue weighted by Gasteiger charge is -2.16. The van der Waals surface area contributed by atoms with Gasteiger partial charge in [-0.15, -0.1) is 0 Å². The Bertz CT molecular complexity index is 638. The van der Waals surface area contributed by atoms with Crippen molar-refractivity contribution in [2.45, 2.75) is 26.3 Å². The van der Waals surface area contributed by atoms with Crippen LogP contribution in [0.3, 0.4) is 0 Å². The first-order valence-corrected chi connectivity index (χ1v) is 6.75. The molecule has 0 heterocycles. The Morgan fingerprint density at radius 2 is 1.90 bits per heavy atom. The summed E-state index contributed by atoms with van der Waals surface area (Å²) in [6, 6.07) is 12.3. The fourth-order valence-electron chi connectivity index (χ4n) is 2.27. The van der Waals surface area contributed by atoms with E-state index in [1.165, 1.54) is 6.07 Å². The van der Waals surface area contributed by atoms with E-state index < -0.39 is 0 Å². The predicted octanol–water partition coefficient (Wildman–Crippen LogP) is 3.65. The smallest absolute Gasteiger partial charge is 0.272 e. The van der Waals surface area contributed by atoms with Crippen molar-refractivity contribution in [2.24, 2.45) is 0 Å². The van der Waals surface area contributed by atoms with Crippen LogP contribution >= 0.6 is 0 Å². The van der Waals surface area contributed by atoms with Crippen LogP contribution in [-0.2, 0) is 6.42 Å². The molecule has 2 aromatic carbocycles. The van der Waals surface area contributed by atoms with Crippen LogP contribution in [0.5, 0.6) is 5.75 Å². The topological polar surface area (TPSA) is 75.4 Å². The maximum atomic E-state index is 10.8. The van der Waals surface area contributed by atoms with Crippen molar-refractivity contribution in [1.82, 2.24) is 0 Å². The van der Waals surface area contributed by atoms with E-state index in [1.807, 2.05) is 19.1 Å². The Balaban J connectivity index is 2.02. The minimum Gasteiger partial charge on any atom is -0.508 e. The highest BCUT2D eigenvalue weighted by atomic mass is 16.6. The first-order valence-electron chi connectivity index (χ1n) is 6.75. The van der Waals surface area contributed by atoms with Crippen LogP contribution in [0.15, 0.2) is 42.5 Å². The van der Waals surface area contributed by atoms with Crippen LogP contribution in [0.2, 0.25) is 0 Å². The number of phenolic OH excluding ortho intramolecular Hbond substituents is 1. The van der Waals surface area contributed by atoms with E-state index in [2.05, 4.69) is 5.32 Å². The first kappa shape index (κ1) is 14.8. The quantitative estimate of drug-likeness (QED) is 0.649. The normalized spacial score (nSPS) is 11.9. The van der Waals surface area contributed by atoms with E-state index in [9.17, 15) is 15.2 Å². The highest BCUT2D eigenvalue weighted by Gasteiger charge is 2.11. The van der Waals surface area contributed by atoms with Gasteiger partial charge in [-0.25, -0.2) is 0 Å². The molecular formula is C16H18N2O3. The molecule has 0 aliphatic rings. The Kier molecular flexibility index (Phi) is 4.42. The second-order valence-corrected chi connectivity index (χ2v) is 5.17. The van der Waals surface area contributed by atoms with Crippen molar-refractivity contribution in [2.75, 3.05) is 5.32 Å². The third-order valence-electron chi connectivity index (χ3n) is 3.28. The van der Waals surface area contributed by atoms with Gasteiger partial charge in [-0.2, -0.15) is 0 Å². The van der Waals surface area contributed by atoms with E-state index in [1.54, 1.807) is 31.2 Å². The molecule has 0 fully saturated rings. The van der Waals surface area contributed by atoms with Crippen molar-refractivity contribution < 1.29 is 10.0 Å². The number of aryl methyl sites for hydroxylation is 1. The summed E-state index contributed by atoms with van der Waals surface area (Å²) in [5.41, 5.74) is 2.75. The minimum atomic E-state index is -0.376. The lowest BCUT2D eigenvalue weighted by Crippen LogP contribution is -2.18. The fourth-order valence-corrected chi connectivity index (χ4v) is 2.27. The molecule has 5 nitrogen and oxygen atoms in total. The van der Waals surface area contributed by atoms with E-state index in [0.717, 1.165) is 17.7 Å². The van der Waals surface area contributed by atoms with Gasteiger partial charge in [0.25, 0.3) is 5.69 Å². The summed E-state index contributed by atoms with van der Waals surface area (Å²) in [7, 11) is 0. The van der Waals surface area contributed by atoms with Crippen molar-refractivity contribution in [3.05, 3.63) is 63.7 Å². The second kappa shape index (κ2) is 6.26. The molecule has 2 rings (SSSR count). The summed E-state index contributed by atoms with van der Waals surface area (Å²) in [4.78, 5) is 10.4. The standard InChI is InChI=1S/C16H18N2O3/c1-11-9-14(5-8-16(11)18(20)21)17-12(2)10-13-3-6-15(19)7-4-13/h3-9,12,17,19H,10H2,1-2H3. The molecule has 0 aliphatic carbocycles. The number of anilines is 1. The van der Waals surface area contributed by atoms with E-state index in [4.69, 9.17) is 0 Å². The Morgan fingerprint density at radius 1 is 1.24 bits per heavy atom. The van der Waals surface area contributed by atoms with Gasteiger partial charge in [0.05, 0.1) is 4.92 Å². The first-order chi connectivity index (χ1) is 9.95. The summed E-state index contributed by atoms with van der Waals surface area (Å²) >= 11 is 0. The molecule has 0 saturated heterocycles. The molecule has 2 aromatic rings. The lowest BCUT2D eigenvalue weighted by molar-refractivity contribution is -0.385. The van der Waals surface area contributed by atoms with Gasteiger partial charge < -0.3 is 10.4 Å². The van der Waals surface area contributed by atoms with Crippen molar-refractivity contribution in [3.63, 3.8) is 0 Å². The van der Waals surface area contributed by atoms with Crippen LogP contribution in [-0.4, -0.2) is 16.1 Å². The number of rotatable bonds is 5. The van der Waals surface area contributed by atoms with Gasteiger partial charge in [0, 0.05) is 23.4 Å². The van der Waals surface area contributed by atoms with Crippen LogP contribution in [0, 0.1) is 17.0 Å². The van der Waals surface area contributed by atoms with E-state index in [0.29, 0.717) is 5.56 Å². The number of hydrogen-bond acceptors (Lipinski definition) is 4. The minimum absolute atomic E-state index is 0.131. The molecule has 1 unspecified atom stereocenters. The van der Waals surface area contributed by atoms with E-state index >= 15 is 0 Å². The highest BCUT2D eigenvalue weighted by Crippen LogP contribution is 2.22. The number of nitrogens with zero attached hydrogens (tertiary/aromatic N) is 1. The molecular weight excluding hydrogens is 268 g/mol. The monoisotopic (exact) mass is 286 g/mol. The molecule has 0 spiro atoms. The Labute approximate surface area is 123 Å². The maximum absolute atomic E-state index is 10.8. The number of nitro benzene ring substituents is 1. The van der Waals surface area contributed by atoms with Crippen LogP contribution in [0.4, 0.5) is 11.4 Å². The molecule has 0 radical (unpaired) electrons. The van der Waals surface area contributed by atoms with Gasteiger partial charge in [-0.3, -0.25) is 10.1 Å². The van der Waals surface area contributed by atoms with Crippen LogP contribution in [0.25, 0.3) is 0 Å². The van der Waals surface area contributed by atoms with Gasteiger partial charge in [0.15, 0.2) is 0 Å². The third-order valence-corrected chi connectivity index (χ3v) is 3.28. The second-order valence-electron chi connectivity index (χ2n) is 5.17. The number of phenols is 1. The molecule has 0 amide bonds. The third kappa shape index (κ3) is 3.95. The molecule has 0 aromatic heterocycles. The van der Waals surface area contributed by atoms with Crippen molar-refractivity contribution in [3.8, 4) is 5.75 Å². The predicted molar refractivity (Wildman–Crippen MR) is 82.7 cm³/mol. The zero-order valence-electron chi connectivity index (χ0n) is 12.0. The number of benzene rings is 2. The SMILES string of the molecule is Cc1cc(NC(C)Cc2ccc(O)cc2)ccc1[N+](=O)[O-]. The van der Waals surface area contributed by atoms with Gasteiger partial charge in [-0.05, 0) is 50.1 Å². The Hall–Kier alpha value is -2.56. The summed E-state index contributed by atoms with van der Waals surface area (Å²) < 4.78 is 0. The molecule has 2 N–H and O–H groups in total. The summed E-state index contributed by atoms with van der Waals surface area (Å²) in [5, 5.41) is 23.4.